The quantitative estimate of drug-likeness (QED) is 0.127. The molecule has 0 aliphatic carbocycles. The molecule has 0 spiro atoms. The SMILES string of the molecule is Cc1cc2c(-c3ccc(C(C)(C)C)cc3)cccc2[cH-]1.Cl.Cl.[CH3-].[CH3-].[Si]=[Zr].c1ccc(-c2c[cH-]c3ccccc23)cc1. The Bertz CT molecular complexity index is 1590. The van der Waals surface area contributed by atoms with Crippen LogP contribution in [-0.4, -0.2) is 6.88 Å². The Labute approximate surface area is 277 Å². The van der Waals surface area contributed by atoms with Crippen LogP contribution >= 0.6 is 24.8 Å². The number of halogens is 2. The Morgan fingerprint density at radius 1 is 0.610 bits per heavy atom. The number of hydrogen-bond donors (Lipinski definition) is 0. The molecule has 0 bridgehead atoms. The van der Waals surface area contributed by atoms with Gasteiger partial charge < -0.3 is 14.9 Å². The fourth-order valence-corrected chi connectivity index (χ4v) is 4.81. The minimum absolute atomic E-state index is 0. The molecule has 0 unspecified atom stereocenters. The fourth-order valence-electron chi connectivity index (χ4n) is 4.81. The summed E-state index contributed by atoms with van der Waals surface area (Å²) in [6.07, 6.45) is 0. The van der Waals surface area contributed by atoms with Gasteiger partial charge in [-0.1, -0.05) is 106 Å². The van der Waals surface area contributed by atoms with Gasteiger partial charge >= 0.3 is 30.2 Å². The van der Waals surface area contributed by atoms with Crippen LogP contribution in [0.4, 0.5) is 0 Å². The second kappa shape index (κ2) is 17.7. The predicted molar refractivity (Wildman–Crippen MR) is 186 cm³/mol. The van der Waals surface area contributed by atoms with E-state index in [1.165, 1.54) is 78.3 Å². The molecule has 0 nitrogen and oxygen atoms in total. The van der Waals surface area contributed by atoms with Crippen molar-refractivity contribution in [2.24, 2.45) is 0 Å². The van der Waals surface area contributed by atoms with Crippen molar-refractivity contribution in [2.75, 3.05) is 0 Å². The molecule has 6 rings (SSSR count). The smallest absolute Gasteiger partial charge is 0.0623 e. The van der Waals surface area contributed by atoms with Crippen molar-refractivity contribution in [3.05, 3.63) is 147 Å². The van der Waals surface area contributed by atoms with Crippen LogP contribution in [0.3, 0.4) is 0 Å². The number of fused-ring (bicyclic) bond motifs is 2. The third kappa shape index (κ3) is 9.39. The molecule has 0 amide bonds. The average Bonchev–Trinajstić information content (AvgIpc) is 3.53. The molecule has 6 aromatic rings. The van der Waals surface area contributed by atoms with E-state index in [2.05, 4.69) is 156 Å². The summed E-state index contributed by atoms with van der Waals surface area (Å²) in [6, 6.07) is 43.5. The molecule has 0 aliphatic heterocycles. The molecule has 0 N–H and O–H groups in total. The molecule has 2 radical (unpaired) electrons. The summed E-state index contributed by atoms with van der Waals surface area (Å²) in [5.41, 5.74) is 8.17. The third-order valence-corrected chi connectivity index (χ3v) is 6.72. The summed E-state index contributed by atoms with van der Waals surface area (Å²) >= 11 is 1.36. The Morgan fingerprint density at radius 3 is 1.80 bits per heavy atom. The van der Waals surface area contributed by atoms with Crippen molar-refractivity contribution in [1.29, 1.82) is 0 Å². The maximum absolute atomic E-state index is 3.06. The number of benzene rings is 4. The molecule has 4 heteroatoms. The van der Waals surface area contributed by atoms with Gasteiger partial charge in [0, 0.05) is 0 Å². The summed E-state index contributed by atoms with van der Waals surface area (Å²) in [5, 5.41) is 5.34. The van der Waals surface area contributed by atoms with Crippen LogP contribution in [0.25, 0.3) is 43.8 Å². The zero-order valence-corrected chi connectivity index (χ0v) is 30.0. The van der Waals surface area contributed by atoms with Gasteiger partial charge in [-0.25, -0.2) is 0 Å². The van der Waals surface area contributed by atoms with E-state index < -0.39 is 0 Å². The molecule has 0 aromatic heterocycles. The zero-order chi connectivity index (χ0) is 26.4. The first kappa shape index (κ1) is 38.8. The Balaban J connectivity index is 0.000000691. The van der Waals surface area contributed by atoms with Crippen molar-refractivity contribution < 1.29 is 23.3 Å². The molecule has 0 saturated carbocycles. The number of hydrogen-bond acceptors (Lipinski definition) is 0. The van der Waals surface area contributed by atoms with Crippen molar-refractivity contribution in [1.82, 2.24) is 0 Å². The van der Waals surface area contributed by atoms with Crippen LogP contribution in [0.1, 0.15) is 31.9 Å². The normalized spacial score (nSPS) is 9.83. The average molecular weight is 675 g/mol. The fraction of sp³-hybridized carbons (Fsp3) is 0.135. The van der Waals surface area contributed by atoms with Crippen LogP contribution in [0, 0.1) is 21.8 Å². The van der Waals surface area contributed by atoms with Gasteiger partial charge in [-0.2, -0.15) is 6.07 Å². The van der Waals surface area contributed by atoms with E-state index in [9.17, 15) is 0 Å². The van der Waals surface area contributed by atoms with Gasteiger partial charge in [0.15, 0.2) is 0 Å². The third-order valence-electron chi connectivity index (χ3n) is 6.72. The van der Waals surface area contributed by atoms with Crippen LogP contribution in [-0.2, 0) is 28.8 Å². The molecular formula is C37H40Cl2SiZr-4. The molecule has 214 valence electrons. The summed E-state index contributed by atoms with van der Waals surface area (Å²) in [5.74, 6) is 0. The summed E-state index contributed by atoms with van der Waals surface area (Å²) in [6.45, 7) is 12.0. The van der Waals surface area contributed by atoms with E-state index in [1.807, 2.05) is 0 Å². The van der Waals surface area contributed by atoms with Crippen LogP contribution < -0.4 is 0 Å². The van der Waals surface area contributed by atoms with Crippen LogP contribution in [0.5, 0.6) is 0 Å². The zero-order valence-electron chi connectivity index (χ0n) is 24.9. The van der Waals surface area contributed by atoms with E-state index in [0.29, 0.717) is 0 Å². The van der Waals surface area contributed by atoms with Gasteiger partial charge in [0.1, 0.15) is 0 Å². The minimum atomic E-state index is 0. The van der Waals surface area contributed by atoms with Crippen LogP contribution in [0.15, 0.2) is 121 Å². The Kier molecular flexibility index (Phi) is 16.7. The van der Waals surface area contributed by atoms with Crippen molar-refractivity contribution in [3.63, 3.8) is 0 Å². The summed E-state index contributed by atoms with van der Waals surface area (Å²) in [4.78, 5) is 0. The maximum atomic E-state index is 3.06. The van der Waals surface area contributed by atoms with E-state index in [-0.39, 0.29) is 45.1 Å². The van der Waals surface area contributed by atoms with Crippen molar-refractivity contribution in [3.8, 4) is 22.3 Å². The molecular weight excluding hydrogens is 635 g/mol. The molecule has 0 atom stereocenters. The van der Waals surface area contributed by atoms with Crippen LogP contribution in [0.2, 0.25) is 0 Å². The summed E-state index contributed by atoms with van der Waals surface area (Å²) in [7, 11) is 0. The van der Waals surface area contributed by atoms with Gasteiger partial charge in [-0.3, -0.25) is 0 Å². The molecule has 0 saturated heterocycles. The molecule has 0 aliphatic rings. The van der Waals surface area contributed by atoms with E-state index in [0.717, 1.165) is 0 Å². The first-order chi connectivity index (χ1) is 17.9. The van der Waals surface area contributed by atoms with E-state index in [4.69, 9.17) is 0 Å². The largest absolute Gasteiger partial charge is 0.150 e. The standard InChI is InChI=1S/C20H21.C15H11.2CH3.2ClH.Si.Zr/c1-14-12-16-6-5-7-18(19(16)13-14)15-8-10-17(11-9-15)20(2,3)4;1-2-6-12(7-3-1)15-11-10-13-8-4-5-9-14(13)15;;;;;;/h5-13H,1-4H3;1-11H;2*1H3;2*1H;;/q4*-1;;;;. The van der Waals surface area contributed by atoms with E-state index in [1.54, 1.807) is 0 Å². The van der Waals surface area contributed by atoms with Gasteiger partial charge in [0.05, 0.1) is 0 Å². The van der Waals surface area contributed by atoms with Gasteiger partial charge in [-0.15, -0.1) is 106 Å². The first-order valence-electron chi connectivity index (χ1n) is 12.6. The first-order valence-corrected chi connectivity index (χ1v) is 16.8. The second-order valence-corrected chi connectivity index (χ2v) is 10.4. The number of rotatable bonds is 2. The topological polar surface area (TPSA) is 0 Å². The van der Waals surface area contributed by atoms with Crippen molar-refractivity contribution >= 4 is 53.2 Å². The Hall–Kier alpha value is -2.22. The monoisotopic (exact) mass is 672 g/mol. The van der Waals surface area contributed by atoms with Crippen molar-refractivity contribution in [2.45, 2.75) is 33.1 Å². The molecule has 41 heavy (non-hydrogen) atoms. The Morgan fingerprint density at radius 2 is 1.17 bits per heavy atom. The molecule has 0 heterocycles. The minimum Gasteiger partial charge on any atom is -0.150 e. The number of aryl methyl sites for hydroxylation is 1. The van der Waals surface area contributed by atoms with Gasteiger partial charge in [0.25, 0.3) is 0 Å². The molecule has 0 fully saturated rings. The maximum Gasteiger partial charge on any atom is -0.0623 e. The second-order valence-electron chi connectivity index (χ2n) is 10.4. The van der Waals surface area contributed by atoms with Gasteiger partial charge in [-0.05, 0) is 16.5 Å². The van der Waals surface area contributed by atoms with Gasteiger partial charge in [0.2, 0.25) is 0 Å². The molecule has 6 aromatic carbocycles. The van der Waals surface area contributed by atoms with E-state index >= 15 is 0 Å². The summed E-state index contributed by atoms with van der Waals surface area (Å²) < 4.78 is 0. The predicted octanol–water partition coefficient (Wildman–Crippen LogP) is 11.4.